The van der Waals surface area contributed by atoms with Crippen molar-refractivity contribution in [2.24, 2.45) is 0 Å². The maximum Gasteiger partial charge on any atom is 0.484 e. The first-order chi connectivity index (χ1) is 7.35. The molecule has 0 bridgehead atoms. The maximum atomic E-state index is 10.5. The largest absolute Gasteiger partial charge is 0.484 e. The van der Waals surface area contributed by atoms with Crippen molar-refractivity contribution in [2.75, 3.05) is 7.11 Å². The minimum Gasteiger partial charge on any atom is -0.262 e. The van der Waals surface area contributed by atoms with Crippen molar-refractivity contribution in [1.82, 2.24) is 0 Å². The molecule has 0 aliphatic rings. The molecule has 0 radical (unpaired) electrons. The van der Waals surface area contributed by atoms with Gasteiger partial charge in [-0.2, -0.15) is 4.79 Å². The van der Waals surface area contributed by atoms with Crippen LogP contribution in [0.2, 0.25) is 0 Å². The van der Waals surface area contributed by atoms with Crippen LogP contribution in [0, 0.1) is 0 Å². The van der Waals surface area contributed by atoms with Gasteiger partial charge in [-0.05, 0) is 16.8 Å². The van der Waals surface area contributed by atoms with Crippen molar-refractivity contribution in [3.8, 4) is 0 Å². The molecule has 0 N–H and O–H groups in total. The second-order valence-corrected chi connectivity index (χ2v) is 3.10. The third-order valence-corrected chi connectivity index (χ3v) is 2.23. The highest BCUT2D eigenvalue weighted by atomic mass is 16.7. The molecule has 0 aromatic heterocycles. The average Bonchev–Trinajstić information content (AvgIpc) is 2.30. The van der Waals surface area contributed by atoms with E-state index in [1.54, 1.807) is 6.08 Å². The number of carbonyl (C=O) groups excluding carboxylic acids is 1. The molecule has 0 heterocycles. The van der Waals surface area contributed by atoms with Crippen LogP contribution in [0.15, 0.2) is 42.5 Å². The van der Waals surface area contributed by atoms with Gasteiger partial charge < -0.3 is 0 Å². The third kappa shape index (κ3) is 1.73. The van der Waals surface area contributed by atoms with Crippen molar-refractivity contribution in [3.05, 3.63) is 42.5 Å². The lowest BCUT2D eigenvalue weighted by Crippen LogP contribution is -2.00. The molecule has 0 fully saturated rings. The van der Waals surface area contributed by atoms with Crippen LogP contribution in [0.1, 0.15) is 0 Å². The summed E-state index contributed by atoms with van der Waals surface area (Å²) in [6, 6.07) is 13.6. The molecule has 0 aliphatic carbocycles. The predicted octanol–water partition coefficient (Wildman–Crippen LogP) is 2.38. The van der Waals surface area contributed by atoms with Gasteiger partial charge in [0.05, 0.1) is 0 Å². The summed E-state index contributed by atoms with van der Waals surface area (Å²) >= 11 is 0. The Morgan fingerprint density at radius 1 is 1.13 bits per heavy atom. The summed E-state index contributed by atoms with van der Waals surface area (Å²) in [5.41, 5.74) is 0.672. The van der Waals surface area contributed by atoms with Gasteiger partial charge in [0.1, 0.15) is 4.74 Å². The highest BCUT2D eigenvalue weighted by molar-refractivity contribution is 5.84. The van der Waals surface area contributed by atoms with Gasteiger partial charge >= 0.3 is 6.08 Å². The Labute approximate surface area is 87.2 Å². The van der Waals surface area contributed by atoms with E-state index in [1.165, 1.54) is 7.11 Å². The lowest BCUT2D eigenvalue weighted by atomic mass is 10.1. The lowest BCUT2D eigenvalue weighted by Gasteiger charge is -1.97. The highest BCUT2D eigenvalue weighted by Gasteiger charge is 2.10. The molecule has 3 heteroatoms. The molecule has 0 aliphatic heterocycles. The Balaban J connectivity index is 2.61. The normalized spacial score (nSPS) is 9.67. The van der Waals surface area contributed by atoms with Crippen LogP contribution in [-0.4, -0.2) is 17.9 Å². The summed E-state index contributed by atoms with van der Waals surface area (Å²) in [7, 11) is 1.43. The first-order valence-corrected chi connectivity index (χ1v) is 4.56. The second-order valence-electron chi connectivity index (χ2n) is 3.10. The summed E-state index contributed by atoms with van der Waals surface area (Å²) in [6.07, 6.45) is 1.69. The van der Waals surface area contributed by atoms with E-state index in [0.29, 0.717) is 5.69 Å². The van der Waals surface area contributed by atoms with Crippen LogP contribution < -0.4 is 0 Å². The van der Waals surface area contributed by atoms with Gasteiger partial charge in [-0.3, -0.25) is 4.84 Å². The van der Waals surface area contributed by atoms with Crippen LogP contribution in [0.5, 0.6) is 0 Å². The first kappa shape index (κ1) is 9.44. The minimum atomic E-state index is 0.672. The molecule has 74 valence electrons. The molecule has 2 aromatic carbocycles. The Morgan fingerprint density at radius 3 is 2.53 bits per heavy atom. The van der Waals surface area contributed by atoms with E-state index in [4.69, 9.17) is 4.84 Å². The molecule has 2 rings (SSSR count). The molecule has 3 nitrogen and oxygen atoms in total. The van der Waals surface area contributed by atoms with Crippen molar-refractivity contribution in [2.45, 2.75) is 0 Å². The molecule has 0 atom stereocenters. The van der Waals surface area contributed by atoms with Crippen LogP contribution in [0.25, 0.3) is 10.8 Å². The second kappa shape index (κ2) is 3.95. The van der Waals surface area contributed by atoms with Gasteiger partial charge in [-0.1, -0.05) is 24.3 Å². The molecule has 15 heavy (non-hydrogen) atoms. The minimum absolute atomic E-state index is 0.672. The van der Waals surface area contributed by atoms with Crippen molar-refractivity contribution in [3.63, 3.8) is 0 Å². The number of hydrogen-bond acceptors (Lipinski definition) is 2. The van der Waals surface area contributed by atoms with Crippen LogP contribution in [0.4, 0.5) is 5.69 Å². The SMILES string of the molecule is CO[N+](=C=O)c1ccc2ccccc2c1. The van der Waals surface area contributed by atoms with E-state index in [2.05, 4.69) is 0 Å². The zero-order valence-electron chi connectivity index (χ0n) is 8.31. The summed E-state index contributed by atoms with van der Waals surface area (Å²) < 4.78 is 1.06. The number of nitrogens with zero attached hydrogens (tertiary/aromatic N) is 1. The molecule has 0 saturated heterocycles. The number of benzene rings is 2. The predicted molar refractivity (Wildman–Crippen MR) is 56.6 cm³/mol. The van der Waals surface area contributed by atoms with Crippen LogP contribution in [-0.2, 0) is 9.63 Å². The Morgan fingerprint density at radius 2 is 1.87 bits per heavy atom. The average molecular weight is 200 g/mol. The van der Waals surface area contributed by atoms with Crippen molar-refractivity contribution >= 4 is 22.5 Å². The molecule has 0 saturated carbocycles. The van der Waals surface area contributed by atoms with Gasteiger partial charge in [-0.15, -0.1) is 0 Å². The zero-order valence-corrected chi connectivity index (χ0v) is 8.31. The number of fused-ring (bicyclic) bond motifs is 1. The van der Waals surface area contributed by atoms with Gasteiger partial charge in [0.2, 0.25) is 0 Å². The molecule has 0 unspecified atom stereocenters. The summed E-state index contributed by atoms with van der Waals surface area (Å²) in [4.78, 5) is 15.4. The molecule has 0 amide bonds. The van der Waals surface area contributed by atoms with Crippen LogP contribution >= 0.6 is 0 Å². The van der Waals surface area contributed by atoms with Gasteiger partial charge in [-0.25, -0.2) is 0 Å². The number of isocyanates is 1. The fraction of sp³-hybridized carbons (Fsp3) is 0.0833. The van der Waals surface area contributed by atoms with Crippen molar-refractivity contribution in [1.29, 1.82) is 0 Å². The summed E-state index contributed by atoms with van der Waals surface area (Å²) in [5, 5.41) is 2.19. The third-order valence-electron chi connectivity index (χ3n) is 2.23. The molecular weight excluding hydrogens is 190 g/mol. The fourth-order valence-electron chi connectivity index (χ4n) is 1.50. The van der Waals surface area contributed by atoms with E-state index in [-0.39, 0.29) is 0 Å². The van der Waals surface area contributed by atoms with Gasteiger partial charge in [0.25, 0.3) is 5.69 Å². The first-order valence-electron chi connectivity index (χ1n) is 4.56. The molecule has 0 spiro atoms. The zero-order chi connectivity index (χ0) is 10.7. The van der Waals surface area contributed by atoms with Gasteiger partial charge in [0.15, 0.2) is 7.11 Å². The smallest absolute Gasteiger partial charge is 0.262 e. The standard InChI is InChI=1S/C12H10NO2/c1-15-13(9-14)12-7-6-10-4-2-3-5-11(10)8-12/h2-8H,1H3/q+1. The maximum absolute atomic E-state index is 10.5. The van der Waals surface area contributed by atoms with E-state index >= 15 is 0 Å². The topological polar surface area (TPSA) is 29.3 Å². The van der Waals surface area contributed by atoms with Gasteiger partial charge in [0, 0.05) is 12.1 Å². The Bertz CT molecular complexity index is 542. The lowest BCUT2D eigenvalue weighted by molar-refractivity contribution is -0.717. The molecule has 2 aromatic rings. The van der Waals surface area contributed by atoms with E-state index in [1.807, 2.05) is 42.5 Å². The fourth-order valence-corrected chi connectivity index (χ4v) is 1.50. The Kier molecular flexibility index (Phi) is 2.48. The summed E-state index contributed by atoms with van der Waals surface area (Å²) in [6.45, 7) is 0. The number of rotatable bonds is 2. The van der Waals surface area contributed by atoms with Crippen molar-refractivity contribution < 1.29 is 14.4 Å². The Hall–Kier alpha value is -2.12. The monoisotopic (exact) mass is 200 g/mol. The van der Waals surface area contributed by atoms with E-state index in [9.17, 15) is 4.79 Å². The van der Waals surface area contributed by atoms with E-state index < -0.39 is 0 Å². The molecular formula is C12H10NO2+. The highest BCUT2D eigenvalue weighted by Crippen LogP contribution is 2.20. The number of hydrogen-bond donors (Lipinski definition) is 0. The van der Waals surface area contributed by atoms with E-state index in [0.717, 1.165) is 15.5 Å². The van der Waals surface area contributed by atoms with Crippen LogP contribution in [0.3, 0.4) is 0 Å². The summed E-state index contributed by atoms with van der Waals surface area (Å²) in [5.74, 6) is 0. The quantitative estimate of drug-likeness (QED) is 0.322.